The number of esters is 1. The molecule has 5 heteroatoms. The third kappa shape index (κ3) is 4.28. The zero-order valence-electron chi connectivity index (χ0n) is 11.1. The number of hydrogen-bond donors (Lipinski definition) is 2. The summed E-state index contributed by atoms with van der Waals surface area (Å²) < 4.78 is 5.10. The summed E-state index contributed by atoms with van der Waals surface area (Å²) in [5.41, 5.74) is 1.01. The number of anilines is 1. The lowest BCUT2D eigenvalue weighted by Gasteiger charge is -2.10. The van der Waals surface area contributed by atoms with Gasteiger partial charge in [0.05, 0.1) is 11.7 Å². The first-order valence-electron chi connectivity index (χ1n) is 6.43. The Labute approximate surface area is 112 Å². The maximum absolute atomic E-state index is 11.7. The molecule has 1 aliphatic carbocycles. The van der Waals surface area contributed by atoms with Crippen LogP contribution in [-0.4, -0.2) is 24.1 Å². The van der Waals surface area contributed by atoms with E-state index in [-0.39, 0.29) is 18.1 Å². The van der Waals surface area contributed by atoms with Gasteiger partial charge in [0.2, 0.25) is 0 Å². The standard InChI is InChI=1S/C14H18N2O3/c1-9(2)19-13(17)10-4-3-5-12(8-10)16-14(18)15-11-6-7-11/h3-5,8-9,11H,6-7H2,1-2H3,(H2,15,16,18). The Morgan fingerprint density at radius 1 is 1.32 bits per heavy atom. The van der Waals surface area contributed by atoms with Crippen molar-refractivity contribution in [2.45, 2.75) is 38.8 Å². The van der Waals surface area contributed by atoms with Crippen LogP contribution in [0, 0.1) is 0 Å². The molecule has 0 aromatic heterocycles. The zero-order valence-corrected chi connectivity index (χ0v) is 11.1. The molecule has 2 rings (SSSR count). The Balaban J connectivity index is 1.97. The summed E-state index contributed by atoms with van der Waals surface area (Å²) in [4.78, 5) is 23.3. The molecule has 1 aliphatic rings. The second-order valence-corrected chi connectivity index (χ2v) is 4.91. The molecule has 0 radical (unpaired) electrons. The van der Waals surface area contributed by atoms with Crippen LogP contribution in [-0.2, 0) is 4.74 Å². The second-order valence-electron chi connectivity index (χ2n) is 4.91. The average Bonchev–Trinajstić information content (AvgIpc) is 3.12. The highest BCUT2D eigenvalue weighted by atomic mass is 16.5. The van der Waals surface area contributed by atoms with E-state index in [1.54, 1.807) is 38.1 Å². The third-order valence-electron chi connectivity index (χ3n) is 2.61. The van der Waals surface area contributed by atoms with Crippen molar-refractivity contribution in [1.29, 1.82) is 0 Å². The number of nitrogens with one attached hydrogen (secondary N) is 2. The Bertz CT molecular complexity index is 481. The maximum Gasteiger partial charge on any atom is 0.338 e. The minimum atomic E-state index is -0.388. The fraction of sp³-hybridized carbons (Fsp3) is 0.429. The van der Waals surface area contributed by atoms with Crippen molar-refractivity contribution in [3.05, 3.63) is 29.8 Å². The summed E-state index contributed by atoms with van der Waals surface area (Å²) >= 11 is 0. The van der Waals surface area contributed by atoms with Crippen molar-refractivity contribution < 1.29 is 14.3 Å². The molecule has 0 atom stereocenters. The fourth-order valence-electron chi connectivity index (χ4n) is 1.59. The van der Waals surface area contributed by atoms with Gasteiger partial charge in [-0.15, -0.1) is 0 Å². The van der Waals surface area contributed by atoms with Gasteiger partial charge in [0, 0.05) is 11.7 Å². The van der Waals surface area contributed by atoms with Crippen LogP contribution in [0.1, 0.15) is 37.0 Å². The van der Waals surface area contributed by atoms with Gasteiger partial charge >= 0.3 is 12.0 Å². The number of benzene rings is 1. The van der Waals surface area contributed by atoms with Crippen LogP contribution in [0.3, 0.4) is 0 Å². The van der Waals surface area contributed by atoms with Crippen LogP contribution in [0.5, 0.6) is 0 Å². The summed E-state index contributed by atoms with van der Waals surface area (Å²) in [6.07, 6.45) is 1.91. The van der Waals surface area contributed by atoms with E-state index in [1.165, 1.54) is 0 Å². The van der Waals surface area contributed by atoms with E-state index in [0.29, 0.717) is 17.3 Å². The molecule has 19 heavy (non-hydrogen) atoms. The number of ether oxygens (including phenoxy) is 1. The van der Waals surface area contributed by atoms with Crippen molar-refractivity contribution >= 4 is 17.7 Å². The number of rotatable bonds is 4. The van der Waals surface area contributed by atoms with Gasteiger partial charge in [-0.3, -0.25) is 0 Å². The second kappa shape index (κ2) is 5.73. The SMILES string of the molecule is CC(C)OC(=O)c1cccc(NC(=O)NC2CC2)c1. The van der Waals surface area contributed by atoms with Gasteiger partial charge in [0.25, 0.3) is 0 Å². The van der Waals surface area contributed by atoms with E-state index in [9.17, 15) is 9.59 Å². The van der Waals surface area contributed by atoms with Crippen molar-refractivity contribution in [1.82, 2.24) is 5.32 Å². The topological polar surface area (TPSA) is 67.4 Å². The van der Waals surface area contributed by atoms with E-state index in [0.717, 1.165) is 12.8 Å². The summed E-state index contributed by atoms with van der Waals surface area (Å²) in [6, 6.07) is 6.78. The lowest BCUT2D eigenvalue weighted by molar-refractivity contribution is 0.0378. The van der Waals surface area contributed by atoms with Crippen molar-refractivity contribution in [3.63, 3.8) is 0 Å². The monoisotopic (exact) mass is 262 g/mol. The Hall–Kier alpha value is -2.04. The van der Waals surface area contributed by atoms with E-state index in [2.05, 4.69) is 10.6 Å². The van der Waals surface area contributed by atoms with Gasteiger partial charge in [0.1, 0.15) is 0 Å². The highest BCUT2D eigenvalue weighted by Crippen LogP contribution is 2.19. The number of hydrogen-bond acceptors (Lipinski definition) is 3. The summed E-state index contributed by atoms with van der Waals surface area (Å²) in [5.74, 6) is -0.388. The molecular formula is C14H18N2O3. The van der Waals surface area contributed by atoms with Crippen LogP contribution in [0.2, 0.25) is 0 Å². The van der Waals surface area contributed by atoms with Crippen molar-refractivity contribution in [2.75, 3.05) is 5.32 Å². The molecule has 2 N–H and O–H groups in total. The molecule has 2 amide bonds. The molecular weight excluding hydrogens is 244 g/mol. The van der Waals surface area contributed by atoms with Crippen molar-refractivity contribution in [2.24, 2.45) is 0 Å². The van der Waals surface area contributed by atoms with Crippen molar-refractivity contribution in [3.8, 4) is 0 Å². The van der Waals surface area contributed by atoms with Gasteiger partial charge in [-0.25, -0.2) is 9.59 Å². The van der Waals surface area contributed by atoms with Crippen LogP contribution >= 0.6 is 0 Å². The highest BCUT2D eigenvalue weighted by Gasteiger charge is 2.23. The Morgan fingerprint density at radius 3 is 2.68 bits per heavy atom. The summed E-state index contributed by atoms with van der Waals surface area (Å²) in [7, 11) is 0. The molecule has 1 saturated carbocycles. The highest BCUT2D eigenvalue weighted by molar-refractivity contribution is 5.94. The van der Waals surface area contributed by atoms with Gasteiger partial charge in [-0.2, -0.15) is 0 Å². The molecule has 5 nitrogen and oxygen atoms in total. The average molecular weight is 262 g/mol. The largest absolute Gasteiger partial charge is 0.459 e. The predicted molar refractivity (Wildman–Crippen MR) is 72.2 cm³/mol. The van der Waals surface area contributed by atoms with Crippen LogP contribution < -0.4 is 10.6 Å². The summed E-state index contributed by atoms with van der Waals surface area (Å²) in [5, 5.41) is 5.52. The lowest BCUT2D eigenvalue weighted by Crippen LogP contribution is -2.30. The molecule has 1 aromatic rings. The first kappa shape index (κ1) is 13.4. The van der Waals surface area contributed by atoms with Crippen LogP contribution in [0.4, 0.5) is 10.5 Å². The first-order valence-corrected chi connectivity index (χ1v) is 6.43. The van der Waals surface area contributed by atoms with E-state index < -0.39 is 0 Å². The first-order chi connectivity index (χ1) is 9.04. The molecule has 0 spiro atoms. The molecule has 1 aromatic carbocycles. The minimum absolute atomic E-state index is 0.165. The van der Waals surface area contributed by atoms with Gasteiger partial charge < -0.3 is 15.4 Å². The molecule has 102 valence electrons. The smallest absolute Gasteiger partial charge is 0.338 e. The lowest BCUT2D eigenvalue weighted by atomic mass is 10.2. The van der Waals surface area contributed by atoms with Crippen LogP contribution in [0.25, 0.3) is 0 Å². The zero-order chi connectivity index (χ0) is 13.8. The van der Waals surface area contributed by atoms with E-state index in [4.69, 9.17) is 4.74 Å². The number of urea groups is 1. The van der Waals surface area contributed by atoms with Crippen LogP contribution in [0.15, 0.2) is 24.3 Å². The third-order valence-corrected chi connectivity index (χ3v) is 2.61. The van der Waals surface area contributed by atoms with Gasteiger partial charge in [0.15, 0.2) is 0 Å². The predicted octanol–water partition coefficient (Wildman–Crippen LogP) is 2.54. The Kier molecular flexibility index (Phi) is 4.04. The quantitative estimate of drug-likeness (QED) is 0.819. The normalized spacial score (nSPS) is 14.1. The number of carbonyl (C=O) groups is 2. The van der Waals surface area contributed by atoms with Gasteiger partial charge in [-0.05, 0) is 44.9 Å². The molecule has 0 aliphatic heterocycles. The molecule has 0 unspecified atom stereocenters. The fourth-order valence-corrected chi connectivity index (χ4v) is 1.59. The molecule has 0 saturated heterocycles. The number of amides is 2. The van der Waals surface area contributed by atoms with E-state index in [1.807, 2.05) is 0 Å². The van der Waals surface area contributed by atoms with Gasteiger partial charge in [-0.1, -0.05) is 6.07 Å². The minimum Gasteiger partial charge on any atom is -0.459 e. The Morgan fingerprint density at radius 2 is 2.05 bits per heavy atom. The molecule has 0 heterocycles. The molecule has 0 bridgehead atoms. The number of carbonyl (C=O) groups excluding carboxylic acids is 2. The van der Waals surface area contributed by atoms with E-state index >= 15 is 0 Å². The summed E-state index contributed by atoms with van der Waals surface area (Å²) in [6.45, 7) is 3.59. The maximum atomic E-state index is 11.7. The molecule has 1 fully saturated rings.